The lowest BCUT2D eigenvalue weighted by molar-refractivity contribution is -0.137. The molecule has 0 aromatic heterocycles. The van der Waals surface area contributed by atoms with E-state index in [1.807, 2.05) is 12.1 Å². The van der Waals surface area contributed by atoms with Gasteiger partial charge in [0.1, 0.15) is 0 Å². The van der Waals surface area contributed by atoms with E-state index in [0.717, 1.165) is 5.69 Å². The zero-order valence-corrected chi connectivity index (χ0v) is 7.69. The third-order valence-corrected chi connectivity index (χ3v) is 1.74. The van der Waals surface area contributed by atoms with Crippen LogP contribution in [0.1, 0.15) is 19.3 Å². The van der Waals surface area contributed by atoms with E-state index in [1.165, 1.54) is 0 Å². The predicted octanol–water partition coefficient (Wildman–Crippen LogP) is 1.60. The lowest BCUT2D eigenvalue weighted by Gasteiger charge is -2.06. The van der Waals surface area contributed by atoms with Crippen LogP contribution in [0, 0.1) is 0 Å². The van der Waals surface area contributed by atoms with Crippen LogP contribution in [0.25, 0.3) is 0 Å². The molecule has 0 fully saturated rings. The highest BCUT2D eigenvalue weighted by Gasteiger charge is 2.01. The van der Waals surface area contributed by atoms with Gasteiger partial charge in [-0.1, -0.05) is 0 Å². The SMILES string of the molecule is O=C(O)CCCC(=O)Nc1cc[cH-]c1. The first-order valence-electron chi connectivity index (χ1n) is 4.42. The highest BCUT2D eigenvalue weighted by Crippen LogP contribution is 2.07. The summed E-state index contributed by atoms with van der Waals surface area (Å²) < 4.78 is 0. The highest BCUT2D eigenvalue weighted by molar-refractivity contribution is 5.90. The van der Waals surface area contributed by atoms with Crippen molar-refractivity contribution in [3.8, 4) is 0 Å². The third kappa shape index (κ3) is 3.80. The molecule has 14 heavy (non-hydrogen) atoms. The maximum atomic E-state index is 11.2. The molecule has 1 aromatic rings. The Morgan fingerprint density at radius 1 is 1.43 bits per heavy atom. The van der Waals surface area contributed by atoms with Crippen LogP contribution in [0.3, 0.4) is 0 Å². The lowest BCUT2D eigenvalue weighted by Crippen LogP contribution is -2.11. The Balaban J connectivity index is 2.20. The van der Waals surface area contributed by atoms with Gasteiger partial charge in [-0.2, -0.15) is 24.3 Å². The van der Waals surface area contributed by atoms with Gasteiger partial charge in [0.15, 0.2) is 0 Å². The summed E-state index contributed by atoms with van der Waals surface area (Å²) in [6.07, 6.45) is 0.661. The molecular weight excluding hydrogens is 182 g/mol. The second kappa shape index (κ2) is 5.11. The Bertz CT molecular complexity index is 303. The van der Waals surface area contributed by atoms with Crippen molar-refractivity contribution < 1.29 is 14.7 Å². The van der Waals surface area contributed by atoms with Crippen molar-refractivity contribution in [2.45, 2.75) is 19.3 Å². The van der Waals surface area contributed by atoms with Crippen molar-refractivity contribution in [3.05, 3.63) is 24.3 Å². The second-order valence-electron chi connectivity index (χ2n) is 2.97. The van der Waals surface area contributed by atoms with Crippen LogP contribution in [-0.4, -0.2) is 17.0 Å². The van der Waals surface area contributed by atoms with E-state index in [0.29, 0.717) is 6.42 Å². The second-order valence-corrected chi connectivity index (χ2v) is 2.97. The van der Waals surface area contributed by atoms with Gasteiger partial charge < -0.3 is 10.4 Å². The number of rotatable bonds is 5. The summed E-state index contributed by atoms with van der Waals surface area (Å²) in [5.41, 5.74) is 0.755. The van der Waals surface area contributed by atoms with Crippen molar-refractivity contribution in [2.75, 3.05) is 5.32 Å². The molecule has 2 N–H and O–H groups in total. The molecule has 0 aliphatic carbocycles. The van der Waals surface area contributed by atoms with Gasteiger partial charge in [0.05, 0.1) is 0 Å². The largest absolute Gasteiger partial charge is 0.481 e. The quantitative estimate of drug-likeness (QED) is 0.699. The number of carboxylic acid groups (broad SMARTS) is 1. The first-order valence-corrected chi connectivity index (χ1v) is 4.42. The minimum atomic E-state index is -0.869. The van der Waals surface area contributed by atoms with E-state index in [1.54, 1.807) is 12.1 Å². The van der Waals surface area contributed by atoms with E-state index in [-0.39, 0.29) is 18.7 Å². The average molecular weight is 194 g/mol. The molecule has 1 amide bonds. The summed E-state index contributed by atoms with van der Waals surface area (Å²) in [5, 5.41) is 11.0. The summed E-state index contributed by atoms with van der Waals surface area (Å²) in [6.45, 7) is 0. The summed E-state index contributed by atoms with van der Waals surface area (Å²) in [7, 11) is 0. The van der Waals surface area contributed by atoms with E-state index < -0.39 is 5.97 Å². The number of carboxylic acids is 1. The van der Waals surface area contributed by atoms with Crippen LogP contribution < -0.4 is 5.32 Å². The van der Waals surface area contributed by atoms with Gasteiger partial charge >= 0.3 is 5.97 Å². The number of nitrogens with one attached hydrogen (secondary N) is 1. The molecule has 0 aliphatic heterocycles. The van der Waals surface area contributed by atoms with Crippen molar-refractivity contribution in [1.82, 2.24) is 0 Å². The van der Waals surface area contributed by atoms with Gasteiger partial charge in [-0.3, -0.25) is 9.59 Å². The van der Waals surface area contributed by atoms with Crippen molar-refractivity contribution >= 4 is 17.6 Å². The maximum absolute atomic E-state index is 11.2. The number of carbonyl (C=O) groups is 2. The van der Waals surface area contributed by atoms with Gasteiger partial charge in [0.2, 0.25) is 5.91 Å². The molecular formula is C10H12NO3-. The van der Waals surface area contributed by atoms with Gasteiger partial charge in [-0.15, -0.1) is 5.69 Å². The molecule has 0 bridgehead atoms. The number of hydrogen-bond donors (Lipinski definition) is 2. The number of aliphatic carboxylic acids is 1. The molecule has 1 rings (SSSR count). The molecule has 0 aliphatic rings. The topological polar surface area (TPSA) is 66.4 Å². The standard InChI is InChI=1S/C10H12NO3/c12-9(6-3-7-10(13)14)11-8-4-1-2-5-8/h1-2,4-5H,3,6-7H2,(H,11,12)(H,13,14)/q-1. The zero-order chi connectivity index (χ0) is 10.4. The fourth-order valence-electron chi connectivity index (χ4n) is 1.08. The van der Waals surface area contributed by atoms with Crippen molar-refractivity contribution in [2.24, 2.45) is 0 Å². The lowest BCUT2D eigenvalue weighted by atomic mass is 10.2. The van der Waals surface area contributed by atoms with Crippen LogP contribution in [0.15, 0.2) is 24.3 Å². The van der Waals surface area contributed by atoms with Crippen LogP contribution >= 0.6 is 0 Å². The predicted molar refractivity (Wildman–Crippen MR) is 52.2 cm³/mol. The Morgan fingerprint density at radius 3 is 2.79 bits per heavy atom. The molecule has 4 nitrogen and oxygen atoms in total. The summed E-state index contributed by atoms with van der Waals surface area (Å²) >= 11 is 0. The molecule has 1 aromatic carbocycles. The van der Waals surface area contributed by atoms with Crippen molar-refractivity contribution in [1.29, 1.82) is 0 Å². The Kier molecular flexibility index (Phi) is 3.79. The smallest absolute Gasteiger partial charge is 0.303 e. The van der Waals surface area contributed by atoms with E-state index in [9.17, 15) is 9.59 Å². The Labute approximate surface area is 81.9 Å². The van der Waals surface area contributed by atoms with Crippen LogP contribution in [0.5, 0.6) is 0 Å². The van der Waals surface area contributed by atoms with E-state index >= 15 is 0 Å². The fourth-order valence-corrected chi connectivity index (χ4v) is 1.08. The molecule has 0 heterocycles. The zero-order valence-electron chi connectivity index (χ0n) is 7.69. The van der Waals surface area contributed by atoms with Crippen molar-refractivity contribution in [3.63, 3.8) is 0 Å². The van der Waals surface area contributed by atoms with Gasteiger partial charge in [0, 0.05) is 12.8 Å². The van der Waals surface area contributed by atoms with Crippen LogP contribution in [-0.2, 0) is 9.59 Å². The molecule has 0 atom stereocenters. The maximum Gasteiger partial charge on any atom is 0.303 e. The molecule has 76 valence electrons. The van der Waals surface area contributed by atoms with Gasteiger partial charge in [-0.05, 0) is 6.42 Å². The normalized spacial score (nSPS) is 9.71. The molecule has 0 saturated carbocycles. The monoisotopic (exact) mass is 194 g/mol. The molecule has 0 radical (unpaired) electrons. The van der Waals surface area contributed by atoms with Gasteiger partial charge in [0.25, 0.3) is 0 Å². The summed E-state index contributed by atoms with van der Waals surface area (Å²) in [5.74, 6) is -1.01. The first-order chi connectivity index (χ1) is 6.68. The van der Waals surface area contributed by atoms with E-state index in [2.05, 4.69) is 5.32 Å². The first kappa shape index (κ1) is 10.4. The van der Waals surface area contributed by atoms with Crippen LogP contribution in [0.4, 0.5) is 5.69 Å². The minimum Gasteiger partial charge on any atom is -0.481 e. The molecule has 0 saturated heterocycles. The molecule has 4 heteroatoms. The summed E-state index contributed by atoms with van der Waals surface area (Å²) in [6, 6.07) is 7.23. The number of hydrogen-bond acceptors (Lipinski definition) is 2. The number of anilines is 1. The Hall–Kier alpha value is -1.71. The fraction of sp³-hybridized carbons (Fsp3) is 0.300. The molecule has 0 unspecified atom stereocenters. The molecule has 0 spiro atoms. The number of carbonyl (C=O) groups excluding carboxylic acids is 1. The number of amides is 1. The highest BCUT2D eigenvalue weighted by atomic mass is 16.4. The average Bonchev–Trinajstić information content (AvgIpc) is 2.56. The summed E-state index contributed by atoms with van der Waals surface area (Å²) in [4.78, 5) is 21.4. The van der Waals surface area contributed by atoms with E-state index in [4.69, 9.17) is 5.11 Å². The Morgan fingerprint density at radius 2 is 2.21 bits per heavy atom. The minimum absolute atomic E-state index is 0.0361. The third-order valence-electron chi connectivity index (χ3n) is 1.74. The van der Waals surface area contributed by atoms with Crippen LogP contribution in [0.2, 0.25) is 0 Å². The van der Waals surface area contributed by atoms with Gasteiger partial charge in [-0.25, -0.2) is 0 Å².